The molecule has 2 aliphatic carbocycles. The number of hydrogen-bond donors (Lipinski definition) is 0. The summed E-state index contributed by atoms with van der Waals surface area (Å²) in [5.41, 5.74) is 0.909. The smallest absolute Gasteiger partial charge is 0.161 e. The molecule has 0 heterocycles. The second-order valence-electron chi connectivity index (χ2n) is 3.10. The summed E-state index contributed by atoms with van der Waals surface area (Å²) < 4.78 is 0. The summed E-state index contributed by atoms with van der Waals surface area (Å²) in [5, 5.41) is 0. The predicted molar refractivity (Wildman–Crippen MR) is 35.0 cm³/mol. The quantitative estimate of drug-likeness (QED) is 0.445. The lowest BCUT2D eigenvalue weighted by Gasteiger charge is -2.08. The fourth-order valence-electron chi connectivity index (χ4n) is 2.00. The molecule has 48 valence electrons. The zero-order valence-electron chi connectivity index (χ0n) is 5.39. The number of Topliss-reactive ketones (excluding diaryl/α,β-unsaturated/α-hetero) is 1. The summed E-state index contributed by atoms with van der Waals surface area (Å²) in [7, 11) is 0. The zero-order valence-corrected chi connectivity index (χ0v) is 5.39. The van der Waals surface area contributed by atoms with Gasteiger partial charge in [-0.2, -0.15) is 0 Å². The maximum atomic E-state index is 11.1. The zero-order chi connectivity index (χ0) is 6.43. The second-order valence-corrected chi connectivity index (χ2v) is 3.10. The van der Waals surface area contributed by atoms with Crippen LogP contribution in [0.4, 0.5) is 0 Å². The van der Waals surface area contributed by atoms with E-state index in [4.69, 9.17) is 0 Å². The van der Waals surface area contributed by atoms with E-state index in [1.807, 2.05) is 0 Å². The first kappa shape index (κ1) is 5.21. The van der Waals surface area contributed by atoms with Gasteiger partial charge in [0.15, 0.2) is 5.78 Å². The molecule has 0 saturated heterocycles. The molecule has 0 radical (unpaired) electrons. The number of allylic oxidation sites excluding steroid dienone is 1. The van der Waals surface area contributed by atoms with Gasteiger partial charge in [-0.25, -0.2) is 0 Å². The third kappa shape index (κ3) is 0.521. The molecule has 0 N–H and O–H groups in total. The maximum absolute atomic E-state index is 11.1. The monoisotopic (exact) mass is 122 g/mol. The molecule has 0 amide bonds. The average Bonchev–Trinajstić information content (AvgIpc) is 2.37. The van der Waals surface area contributed by atoms with Crippen molar-refractivity contribution < 1.29 is 4.79 Å². The lowest BCUT2D eigenvalue weighted by Crippen LogP contribution is -2.10. The van der Waals surface area contributed by atoms with Crippen LogP contribution >= 0.6 is 0 Å². The molecular formula is C8H10O. The number of hydrogen-bond acceptors (Lipinski definition) is 1. The van der Waals surface area contributed by atoms with Gasteiger partial charge >= 0.3 is 0 Å². The molecule has 0 unspecified atom stereocenters. The fraction of sp³-hybridized carbons (Fsp3) is 0.625. The number of fused-ring (bicyclic) bond motifs is 2. The second kappa shape index (κ2) is 1.47. The van der Waals surface area contributed by atoms with Gasteiger partial charge in [0.1, 0.15) is 0 Å². The minimum absolute atomic E-state index is 0.353. The van der Waals surface area contributed by atoms with E-state index in [0.29, 0.717) is 17.6 Å². The highest BCUT2D eigenvalue weighted by molar-refractivity contribution is 6.00. The summed E-state index contributed by atoms with van der Waals surface area (Å²) in [6, 6.07) is 0. The van der Waals surface area contributed by atoms with E-state index in [-0.39, 0.29) is 0 Å². The summed E-state index contributed by atoms with van der Waals surface area (Å²) in [6.07, 6.45) is 3.45. The highest BCUT2D eigenvalue weighted by atomic mass is 16.1. The summed E-state index contributed by atoms with van der Waals surface area (Å²) in [4.78, 5) is 11.1. The van der Waals surface area contributed by atoms with Crippen LogP contribution in [0.2, 0.25) is 0 Å². The summed E-state index contributed by atoms with van der Waals surface area (Å²) in [5.74, 6) is 1.30. The first-order valence-electron chi connectivity index (χ1n) is 3.52. The Labute approximate surface area is 54.8 Å². The Hall–Kier alpha value is -0.590. The average molecular weight is 122 g/mol. The van der Waals surface area contributed by atoms with E-state index in [0.717, 1.165) is 18.4 Å². The predicted octanol–water partition coefficient (Wildman–Crippen LogP) is 1.54. The van der Waals surface area contributed by atoms with E-state index in [1.165, 1.54) is 6.42 Å². The van der Waals surface area contributed by atoms with Crippen molar-refractivity contribution >= 4 is 5.78 Å². The maximum Gasteiger partial charge on any atom is 0.161 e. The molecule has 2 saturated carbocycles. The van der Waals surface area contributed by atoms with E-state index < -0.39 is 0 Å². The molecule has 2 bridgehead atoms. The van der Waals surface area contributed by atoms with E-state index in [9.17, 15) is 4.79 Å². The molecule has 0 aromatic rings. The molecule has 1 nitrogen and oxygen atoms in total. The molecule has 2 rings (SSSR count). The van der Waals surface area contributed by atoms with Crippen molar-refractivity contribution in [3.05, 3.63) is 12.2 Å². The topological polar surface area (TPSA) is 17.1 Å². The van der Waals surface area contributed by atoms with Gasteiger partial charge in [0, 0.05) is 5.92 Å². The highest BCUT2D eigenvalue weighted by Gasteiger charge is 2.41. The van der Waals surface area contributed by atoms with Crippen molar-refractivity contribution in [1.82, 2.24) is 0 Å². The molecule has 0 aromatic carbocycles. The first-order chi connectivity index (χ1) is 4.29. The number of carbonyl (C=O) groups is 1. The fourth-order valence-corrected chi connectivity index (χ4v) is 2.00. The Morgan fingerprint density at radius 2 is 2.00 bits per heavy atom. The van der Waals surface area contributed by atoms with Crippen molar-refractivity contribution in [2.24, 2.45) is 11.8 Å². The van der Waals surface area contributed by atoms with Crippen LogP contribution < -0.4 is 0 Å². The number of carbonyl (C=O) groups excluding carboxylic acids is 1. The van der Waals surface area contributed by atoms with Gasteiger partial charge in [0.25, 0.3) is 0 Å². The van der Waals surface area contributed by atoms with Crippen molar-refractivity contribution in [3.8, 4) is 0 Å². The van der Waals surface area contributed by atoms with Crippen LogP contribution in [0, 0.1) is 11.8 Å². The standard InChI is InChI=1S/C8H10O/c1-5-6-2-3-7(4-6)8(5)9/h6-7H,1-4H2/t6-,7-/m1/s1. The lowest BCUT2D eigenvalue weighted by molar-refractivity contribution is -0.118. The van der Waals surface area contributed by atoms with E-state index >= 15 is 0 Å². The Bertz CT molecular complexity index is 161. The van der Waals surface area contributed by atoms with Crippen LogP contribution in [0.25, 0.3) is 0 Å². The Kier molecular flexibility index (Phi) is 0.850. The largest absolute Gasteiger partial charge is 0.294 e. The van der Waals surface area contributed by atoms with Crippen LogP contribution in [-0.4, -0.2) is 5.78 Å². The van der Waals surface area contributed by atoms with Crippen molar-refractivity contribution in [2.75, 3.05) is 0 Å². The number of ketones is 1. The summed E-state index contributed by atoms with van der Waals surface area (Å²) >= 11 is 0. The lowest BCUT2D eigenvalue weighted by atomic mass is 9.95. The van der Waals surface area contributed by atoms with Crippen LogP contribution in [0.15, 0.2) is 12.2 Å². The molecular weight excluding hydrogens is 112 g/mol. The van der Waals surface area contributed by atoms with E-state index in [2.05, 4.69) is 6.58 Å². The van der Waals surface area contributed by atoms with Gasteiger partial charge in [-0.05, 0) is 30.8 Å². The van der Waals surface area contributed by atoms with Crippen LogP contribution in [0.1, 0.15) is 19.3 Å². The van der Waals surface area contributed by atoms with Gasteiger partial charge in [-0.3, -0.25) is 4.79 Å². The van der Waals surface area contributed by atoms with Crippen molar-refractivity contribution in [2.45, 2.75) is 19.3 Å². The van der Waals surface area contributed by atoms with Gasteiger partial charge in [-0.15, -0.1) is 0 Å². The molecule has 0 spiro atoms. The Balaban J connectivity index is 2.35. The summed E-state index contributed by atoms with van der Waals surface area (Å²) in [6.45, 7) is 3.77. The minimum atomic E-state index is 0.353. The SMILES string of the molecule is C=C1C(=O)[C@@H]2CC[C@@H]1C2. The molecule has 1 heteroatoms. The van der Waals surface area contributed by atoms with Crippen LogP contribution in [-0.2, 0) is 4.79 Å². The molecule has 2 fully saturated rings. The van der Waals surface area contributed by atoms with Gasteiger partial charge in [-0.1, -0.05) is 6.58 Å². The van der Waals surface area contributed by atoms with Gasteiger partial charge < -0.3 is 0 Å². The number of rotatable bonds is 0. The van der Waals surface area contributed by atoms with Crippen LogP contribution in [0.5, 0.6) is 0 Å². The molecule has 9 heavy (non-hydrogen) atoms. The molecule has 0 aromatic heterocycles. The third-order valence-corrected chi connectivity index (χ3v) is 2.61. The van der Waals surface area contributed by atoms with Crippen molar-refractivity contribution in [3.63, 3.8) is 0 Å². The highest BCUT2D eigenvalue weighted by Crippen LogP contribution is 2.44. The van der Waals surface area contributed by atoms with Crippen LogP contribution in [0.3, 0.4) is 0 Å². The first-order valence-corrected chi connectivity index (χ1v) is 3.52. The molecule has 2 aliphatic rings. The van der Waals surface area contributed by atoms with E-state index in [1.54, 1.807) is 0 Å². The minimum Gasteiger partial charge on any atom is -0.294 e. The van der Waals surface area contributed by atoms with Gasteiger partial charge in [0.2, 0.25) is 0 Å². The Morgan fingerprint density at radius 3 is 2.33 bits per heavy atom. The molecule has 2 atom stereocenters. The van der Waals surface area contributed by atoms with Crippen molar-refractivity contribution in [1.29, 1.82) is 0 Å². The Morgan fingerprint density at radius 1 is 1.33 bits per heavy atom. The third-order valence-electron chi connectivity index (χ3n) is 2.61. The normalized spacial score (nSPS) is 40.4. The van der Waals surface area contributed by atoms with Gasteiger partial charge in [0.05, 0.1) is 0 Å². The molecule has 0 aliphatic heterocycles.